The molecule has 1 N–H and O–H groups in total. The fourth-order valence-electron chi connectivity index (χ4n) is 0.294. The van der Waals surface area contributed by atoms with Gasteiger partial charge in [0.25, 0.3) is 0 Å². The second-order valence-corrected chi connectivity index (χ2v) is 2.75. The molecule has 0 amide bonds. The Labute approximate surface area is 57.5 Å². The molecule has 8 heavy (non-hydrogen) atoms. The molecular weight excluding hydrogens is 144 g/mol. The van der Waals surface area contributed by atoms with E-state index in [4.69, 9.17) is 5.11 Å². The van der Waals surface area contributed by atoms with Crippen molar-refractivity contribution < 1.29 is 9.90 Å². The highest BCUT2D eigenvalue weighted by Gasteiger charge is 2.12. The van der Waals surface area contributed by atoms with E-state index in [0.717, 1.165) is 10.8 Å². The van der Waals surface area contributed by atoms with Crippen LogP contribution in [0.15, 0.2) is 0 Å². The number of carboxylic acid groups (broad SMARTS) is 1. The Morgan fingerprint density at radius 2 is 2.50 bits per heavy atom. The van der Waals surface area contributed by atoms with Crippen LogP contribution < -0.4 is 0 Å². The minimum Gasteiger partial charge on any atom is -0.480 e. The number of rotatable bonds is 3. The van der Waals surface area contributed by atoms with Crippen molar-refractivity contribution in [1.29, 1.82) is 0 Å². The van der Waals surface area contributed by atoms with Crippen molar-refractivity contribution in [3.05, 3.63) is 0 Å². The largest absolute Gasteiger partial charge is 0.480 e. The Bertz CT molecular complexity index is 80.1. The minimum atomic E-state index is -0.785. The van der Waals surface area contributed by atoms with Gasteiger partial charge in [0.2, 0.25) is 0 Å². The smallest absolute Gasteiger partial charge is 0.317 e. The number of hydrogen-bond donors (Lipinski definition) is 2. The Hall–Kier alpha value is 0.170. The van der Waals surface area contributed by atoms with Crippen LogP contribution in [-0.4, -0.2) is 16.3 Å². The van der Waals surface area contributed by atoms with Gasteiger partial charge in [-0.15, -0.1) is 11.7 Å². The maximum atomic E-state index is 10.1. The minimum absolute atomic E-state index is 0.349. The van der Waals surface area contributed by atoms with Gasteiger partial charge in [-0.1, -0.05) is 17.7 Å². The van der Waals surface area contributed by atoms with E-state index in [1.54, 1.807) is 0 Å². The van der Waals surface area contributed by atoms with Crippen molar-refractivity contribution in [3.63, 3.8) is 0 Å². The Morgan fingerprint density at radius 3 is 2.50 bits per heavy atom. The molecule has 48 valence electrons. The van der Waals surface area contributed by atoms with E-state index in [2.05, 4.69) is 11.7 Å². The third-order valence-corrected chi connectivity index (χ3v) is 2.33. The summed E-state index contributed by atoms with van der Waals surface area (Å²) in [6.45, 7) is 1.82. The monoisotopic (exact) mass is 152 g/mol. The van der Waals surface area contributed by atoms with E-state index in [9.17, 15) is 4.79 Å². The molecule has 0 rings (SSSR count). The van der Waals surface area contributed by atoms with Gasteiger partial charge in [-0.05, 0) is 6.42 Å². The first-order valence-corrected chi connectivity index (χ1v) is 4.18. The fourth-order valence-corrected chi connectivity index (χ4v) is 1.25. The Balaban J connectivity index is 3.52. The van der Waals surface area contributed by atoms with Crippen molar-refractivity contribution in [3.8, 4) is 0 Å². The highest BCUT2D eigenvalue weighted by atomic mass is 33.1. The summed E-state index contributed by atoms with van der Waals surface area (Å²) in [5.74, 6) is -0.785. The van der Waals surface area contributed by atoms with E-state index in [0.29, 0.717) is 6.42 Å². The summed E-state index contributed by atoms with van der Waals surface area (Å²) in [5, 5.41) is 7.95. The van der Waals surface area contributed by atoms with E-state index in [1.807, 2.05) is 6.92 Å². The molecule has 0 heterocycles. The van der Waals surface area contributed by atoms with Crippen molar-refractivity contribution in [2.75, 3.05) is 0 Å². The maximum Gasteiger partial charge on any atom is 0.317 e. The van der Waals surface area contributed by atoms with E-state index in [-0.39, 0.29) is 5.25 Å². The van der Waals surface area contributed by atoms with Gasteiger partial charge in [0.05, 0.1) is 0 Å². The molecule has 0 fully saturated rings. The first-order valence-electron chi connectivity index (χ1n) is 2.25. The van der Waals surface area contributed by atoms with Gasteiger partial charge in [0, 0.05) is 0 Å². The summed E-state index contributed by atoms with van der Waals surface area (Å²) in [5.41, 5.74) is 0. The summed E-state index contributed by atoms with van der Waals surface area (Å²) < 4.78 is 0. The van der Waals surface area contributed by atoms with Crippen molar-refractivity contribution in [2.45, 2.75) is 18.6 Å². The third-order valence-electron chi connectivity index (χ3n) is 0.773. The number of carbonyl (C=O) groups is 1. The van der Waals surface area contributed by atoms with Gasteiger partial charge < -0.3 is 5.11 Å². The molecular formula is C4H8O2S2. The zero-order valence-electron chi connectivity index (χ0n) is 4.50. The molecule has 0 aromatic rings. The average molecular weight is 152 g/mol. The van der Waals surface area contributed by atoms with Crippen LogP contribution in [0.4, 0.5) is 0 Å². The lowest BCUT2D eigenvalue weighted by molar-refractivity contribution is -0.136. The first kappa shape index (κ1) is 8.17. The molecule has 2 nitrogen and oxygen atoms in total. The highest BCUT2D eigenvalue weighted by molar-refractivity contribution is 8.69. The molecule has 0 saturated carbocycles. The zero-order valence-corrected chi connectivity index (χ0v) is 6.21. The van der Waals surface area contributed by atoms with Crippen LogP contribution in [0.3, 0.4) is 0 Å². The highest BCUT2D eigenvalue weighted by Crippen LogP contribution is 2.17. The predicted molar refractivity (Wildman–Crippen MR) is 38.3 cm³/mol. The molecule has 0 bridgehead atoms. The van der Waals surface area contributed by atoms with Gasteiger partial charge in [0.1, 0.15) is 5.25 Å². The SMILES string of the molecule is CCC(SS)C(=O)O. The van der Waals surface area contributed by atoms with Gasteiger partial charge in [-0.2, -0.15) is 0 Å². The third kappa shape index (κ3) is 2.47. The Kier molecular flexibility index (Phi) is 4.18. The van der Waals surface area contributed by atoms with Crippen LogP contribution in [0.1, 0.15) is 13.3 Å². The molecule has 1 unspecified atom stereocenters. The molecule has 0 saturated heterocycles. The van der Waals surface area contributed by atoms with Crippen LogP contribution in [-0.2, 0) is 4.79 Å². The normalized spacial score (nSPS) is 13.2. The average Bonchev–Trinajstić information content (AvgIpc) is 1.69. The second kappa shape index (κ2) is 4.09. The van der Waals surface area contributed by atoms with Crippen LogP contribution in [0.5, 0.6) is 0 Å². The molecule has 0 aromatic heterocycles. The summed E-state index contributed by atoms with van der Waals surface area (Å²) in [7, 11) is 1.07. The molecule has 0 aliphatic heterocycles. The summed E-state index contributed by atoms with van der Waals surface area (Å²) in [4.78, 5) is 10.1. The van der Waals surface area contributed by atoms with E-state index < -0.39 is 5.97 Å². The molecule has 4 heteroatoms. The van der Waals surface area contributed by atoms with Crippen LogP contribution >= 0.6 is 22.5 Å². The summed E-state index contributed by atoms with van der Waals surface area (Å²) in [6, 6.07) is 0. The molecule has 0 aliphatic rings. The van der Waals surface area contributed by atoms with E-state index in [1.165, 1.54) is 0 Å². The molecule has 0 spiro atoms. The van der Waals surface area contributed by atoms with Gasteiger partial charge in [-0.25, -0.2) is 0 Å². The fraction of sp³-hybridized carbons (Fsp3) is 0.750. The zero-order chi connectivity index (χ0) is 6.57. The summed E-state index contributed by atoms with van der Waals surface area (Å²) >= 11 is 3.77. The second-order valence-electron chi connectivity index (χ2n) is 1.34. The van der Waals surface area contributed by atoms with Gasteiger partial charge in [-0.3, -0.25) is 4.79 Å². The number of thiol groups is 1. The topological polar surface area (TPSA) is 37.3 Å². The predicted octanol–water partition coefficient (Wildman–Crippen LogP) is 1.43. The molecule has 0 aromatic carbocycles. The standard InChI is InChI=1S/C4H8O2S2/c1-2-3(8-7)4(5)6/h3,7H,2H2,1H3,(H,5,6). The lowest BCUT2D eigenvalue weighted by atomic mass is 10.3. The van der Waals surface area contributed by atoms with Crippen molar-refractivity contribution in [1.82, 2.24) is 0 Å². The maximum absolute atomic E-state index is 10.1. The van der Waals surface area contributed by atoms with Crippen LogP contribution in [0.2, 0.25) is 0 Å². The summed E-state index contributed by atoms with van der Waals surface area (Å²) in [6.07, 6.45) is 0.628. The molecule has 0 radical (unpaired) electrons. The molecule has 1 atom stereocenters. The number of carboxylic acids is 1. The van der Waals surface area contributed by atoms with Gasteiger partial charge >= 0.3 is 5.97 Å². The van der Waals surface area contributed by atoms with Crippen LogP contribution in [0, 0.1) is 0 Å². The Morgan fingerprint density at radius 1 is 2.00 bits per heavy atom. The lowest BCUT2D eigenvalue weighted by Gasteiger charge is -2.01. The van der Waals surface area contributed by atoms with Crippen LogP contribution in [0.25, 0.3) is 0 Å². The van der Waals surface area contributed by atoms with Crippen molar-refractivity contribution in [2.24, 2.45) is 0 Å². The number of hydrogen-bond acceptors (Lipinski definition) is 3. The molecule has 0 aliphatic carbocycles. The van der Waals surface area contributed by atoms with Crippen molar-refractivity contribution >= 4 is 28.4 Å². The van der Waals surface area contributed by atoms with Gasteiger partial charge in [0.15, 0.2) is 0 Å². The first-order chi connectivity index (χ1) is 3.72. The lowest BCUT2D eigenvalue weighted by Crippen LogP contribution is -2.12. The quantitative estimate of drug-likeness (QED) is 0.474. The van der Waals surface area contributed by atoms with E-state index >= 15 is 0 Å². The number of aliphatic carboxylic acids is 1.